The lowest BCUT2D eigenvalue weighted by molar-refractivity contribution is -0.145. The van der Waals surface area contributed by atoms with Crippen LogP contribution in [0, 0.1) is 0 Å². The molecule has 1 fully saturated rings. The summed E-state index contributed by atoms with van der Waals surface area (Å²) in [4.78, 5) is 18.6. The Morgan fingerprint density at radius 1 is 1.37 bits per heavy atom. The van der Waals surface area contributed by atoms with Crippen molar-refractivity contribution < 1.29 is 19.5 Å². The zero-order valence-corrected chi connectivity index (χ0v) is 17.6. The summed E-state index contributed by atoms with van der Waals surface area (Å²) in [6.07, 6.45) is 6.70. The molecule has 0 aromatic heterocycles. The number of aliphatic carboxylic acids is 1. The highest BCUT2D eigenvalue weighted by atomic mass is 16.6. The van der Waals surface area contributed by atoms with Gasteiger partial charge in [0.25, 0.3) is 0 Å². The number of unbranched alkanes of at least 4 members (excludes halogenated alkanes) is 1. The van der Waals surface area contributed by atoms with Gasteiger partial charge in [0.1, 0.15) is 12.7 Å². The van der Waals surface area contributed by atoms with E-state index in [-0.39, 0.29) is 18.8 Å². The Bertz CT molecular complexity index is 727. The SMILES string of the molecule is CCCCNN=Cc1ccc(C2=NOC(CN3CCC(OCC(=O)O)CC3)C2)cc1. The number of oxime groups is 1. The summed E-state index contributed by atoms with van der Waals surface area (Å²) in [6, 6.07) is 8.20. The first kappa shape index (κ1) is 22.2. The van der Waals surface area contributed by atoms with Gasteiger partial charge in [-0.1, -0.05) is 42.8 Å². The van der Waals surface area contributed by atoms with Gasteiger partial charge in [0.05, 0.1) is 18.0 Å². The molecule has 30 heavy (non-hydrogen) atoms. The van der Waals surface area contributed by atoms with Crippen molar-refractivity contribution in [3.05, 3.63) is 35.4 Å². The van der Waals surface area contributed by atoms with Crippen LogP contribution in [0.25, 0.3) is 0 Å². The molecule has 0 aliphatic carbocycles. The monoisotopic (exact) mass is 416 g/mol. The molecule has 3 rings (SSSR count). The minimum atomic E-state index is -0.912. The molecule has 1 aromatic carbocycles. The molecule has 2 aliphatic heterocycles. The van der Waals surface area contributed by atoms with Crippen LogP contribution in [0.15, 0.2) is 34.5 Å². The molecule has 2 N–H and O–H groups in total. The molecule has 0 saturated carbocycles. The van der Waals surface area contributed by atoms with Gasteiger partial charge in [0.15, 0.2) is 0 Å². The maximum Gasteiger partial charge on any atom is 0.329 e. The third-order valence-electron chi connectivity index (χ3n) is 5.36. The molecule has 2 aliphatic rings. The number of hydrazone groups is 1. The third kappa shape index (κ3) is 7.11. The third-order valence-corrected chi connectivity index (χ3v) is 5.36. The van der Waals surface area contributed by atoms with E-state index >= 15 is 0 Å². The highest BCUT2D eigenvalue weighted by Crippen LogP contribution is 2.20. The molecule has 2 heterocycles. The summed E-state index contributed by atoms with van der Waals surface area (Å²) >= 11 is 0. The predicted molar refractivity (Wildman–Crippen MR) is 116 cm³/mol. The molecule has 8 nitrogen and oxygen atoms in total. The van der Waals surface area contributed by atoms with Crippen molar-refractivity contribution in [2.45, 2.75) is 51.2 Å². The lowest BCUT2D eigenvalue weighted by Gasteiger charge is -2.32. The molecular weight excluding hydrogens is 384 g/mol. The Morgan fingerprint density at radius 2 is 2.13 bits per heavy atom. The van der Waals surface area contributed by atoms with Crippen molar-refractivity contribution >= 4 is 17.9 Å². The maximum absolute atomic E-state index is 10.6. The summed E-state index contributed by atoms with van der Waals surface area (Å²) in [7, 11) is 0. The van der Waals surface area contributed by atoms with Crippen molar-refractivity contribution in [2.75, 3.05) is 32.8 Å². The Morgan fingerprint density at radius 3 is 2.83 bits per heavy atom. The number of nitrogens with one attached hydrogen (secondary N) is 1. The fraction of sp³-hybridized carbons (Fsp3) is 0.591. The summed E-state index contributed by atoms with van der Waals surface area (Å²) < 4.78 is 5.40. The minimum absolute atomic E-state index is 0.0394. The number of rotatable bonds is 11. The molecule has 1 saturated heterocycles. The van der Waals surface area contributed by atoms with Gasteiger partial charge in [0.2, 0.25) is 0 Å². The van der Waals surface area contributed by atoms with Gasteiger partial charge >= 0.3 is 5.97 Å². The van der Waals surface area contributed by atoms with Crippen molar-refractivity contribution in [1.82, 2.24) is 10.3 Å². The van der Waals surface area contributed by atoms with Gasteiger partial charge in [-0.05, 0) is 30.4 Å². The lowest BCUT2D eigenvalue weighted by Crippen LogP contribution is -2.41. The van der Waals surface area contributed by atoms with Crippen LogP contribution in [0.5, 0.6) is 0 Å². The summed E-state index contributed by atoms with van der Waals surface area (Å²) in [6.45, 7) is 5.44. The largest absolute Gasteiger partial charge is 0.480 e. The number of hydrogen-bond donors (Lipinski definition) is 2. The molecule has 1 atom stereocenters. The van der Waals surface area contributed by atoms with Crippen LogP contribution in [0.3, 0.4) is 0 Å². The quantitative estimate of drug-likeness (QED) is 0.327. The number of piperidine rings is 1. The van der Waals surface area contributed by atoms with E-state index in [9.17, 15) is 4.79 Å². The van der Waals surface area contributed by atoms with Crippen molar-refractivity contribution in [1.29, 1.82) is 0 Å². The second kappa shape index (κ2) is 11.7. The Balaban J connectivity index is 1.38. The van der Waals surface area contributed by atoms with Crippen LogP contribution in [0.2, 0.25) is 0 Å². The summed E-state index contributed by atoms with van der Waals surface area (Å²) in [5.74, 6) is -0.912. The molecule has 1 aromatic rings. The zero-order valence-electron chi connectivity index (χ0n) is 17.6. The number of carbonyl (C=O) groups is 1. The average Bonchev–Trinajstić information content (AvgIpc) is 3.22. The molecular formula is C22H32N4O4. The number of hydrogen-bond acceptors (Lipinski definition) is 7. The summed E-state index contributed by atoms with van der Waals surface area (Å²) in [5.41, 5.74) is 6.15. The number of carboxylic acids is 1. The van der Waals surface area contributed by atoms with Crippen LogP contribution < -0.4 is 5.43 Å². The highest BCUT2D eigenvalue weighted by molar-refractivity contribution is 6.01. The first-order valence-corrected chi connectivity index (χ1v) is 10.8. The first-order chi connectivity index (χ1) is 14.6. The number of ether oxygens (including phenoxy) is 1. The normalized spacial score (nSPS) is 20.3. The Hall–Kier alpha value is -2.45. The van der Waals surface area contributed by atoms with Crippen LogP contribution >= 0.6 is 0 Å². The second-order valence-corrected chi connectivity index (χ2v) is 7.82. The van der Waals surface area contributed by atoms with E-state index in [1.807, 2.05) is 18.3 Å². The molecule has 0 bridgehead atoms. The van der Waals surface area contributed by atoms with Gasteiger partial charge in [-0.3, -0.25) is 4.90 Å². The van der Waals surface area contributed by atoms with Gasteiger partial charge in [-0.15, -0.1) is 0 Å². The topological polar surface area (TPSA) is 95.8 Å². The number of benzene rings is 1. The summed E-state index contributed by atoms with van der Waals surface area (Å²) in [5, 5.41) is 17.2. The Kier molecular flexibility index (Phi) is 8.65. The van der Waals surface area contributed by atoms with Crippen molar-refractivity contribution in [3.8, 4) is 0 Å². The first-order valence-electron chi connectivity index (χ1n) is 10.8. The van der Waals surface area contributed by atoms with E-state index in [4.69, 9.17) is 14.7 Å². The van der Waals surface area contributed by atoms with E-state index in [0.29, 0.717) is 0 Å². The fourth-order valence-corrected chi connectivity index (χ4v) is 3.63. The predicted octanol–water partition coefficient (Wildman–Crippen LogP) is 2.47. The van der Waals surface area contributed by atoms with E-state index in [0.717, 1.165) is 75.1 Å². The molecule has 8 heteroatoms. The smallest absolute Gasteiger partial charge is 0.329 e. The van der Waals surface area contributed by atoms with Gasteiger partial charge in [-0.25, -0.2) is 4.79 Å². The van der Waals surface area contributed by atoms with Crippen LogP contribution in [0.1, 0.15) is 50.2 Å². The number of carboxylic acid groups (broad SMARTS) is 1. The Labute approximate surface area is 177 Å². The molecule has 1 unspecified atom stereocenters. The lowest BCUT2D eigenvalue weighted by atomic mass is 10.0. The standard InChI is InChI=1S/C22H32N4O4/c1-2-3-10-23-24-14-17-4-6-18(7-5-17)21-13-20(30-25-21)15-26-11-8-19(9-12-26)29-16-22(27)28/h4-7,14,19-20,23H,2-3,8-13,15-16H2,1H3,(H,27,28). The van der Waals surface area contributed by atoms with Gasteiger partial charge in [0, 0.05) is 32.6 Å². The van der Waals surface area contributed by atoms with Crippen molar-refractivity contribution in [3.63, 3.8) is 0 Å². The van der Waals surface area contributed by atoms with Gasteiger partial charge in [-0.2, -0.15) is 5.10 Å². The number of nitrogens with zero attached hydrogens (tertiary/aromatic N) is 3. The fourth-order valence-electron chi connectivity index (χ4n) is 3.63. The van der Waals surface area contributed by atoms with Crippen LogP contribution in [0.4, 0.5) is 0 Å². The van der Waals surface area contributed by atoms with E-state index in [1.165, 1.54) is 0 Å². The molecule has 164 valence electrons. The van der Waals surface area contributed by atoms with E-state index in [1.54, 1.807) is 0 Å². The molecule has 0 spiro atoms. The van der Waals surface area contributed by atoms with Gasteiger partial charge < -0.3 is 20.1 Å². The van der Waals surface area contributed by atoms with Crippen LogP contribution in [-0.2, 0) is 14.4 Å². The second-order valence-electron chi connectivity index (χ2n) is 7.82. The molecule has 0 radical (unpaired) electrons. The average molecular weight is 417 g/mol. The van der Waals surface area contributed by atoms with E-state index in [2.05, 4.69) is 39.6 Å². The zero-order chi connectivity index (χ0) is 21.2. The minimum Gasteiger partial charge on any atom is -0.480 e. The number of likely N-dealkylation sites (tertiary alicyclic amines) is 1. The molecule has 0 amide bonds. The van der Waals surface area contributed by atoms with E-state index < -0.39 is 5.97 Å². The highest BCUT2D eigenvalue weighted by Gasteiger charge is 2.27. The van der Waals surface area contributed by atoms with Crippen molar-refractivity contribution in [2.24, 2.45) is 10.3 Å². The maximum atomic E-state index is 10.6. The van der Waals surface area contributed by atoms with Crippen LogP contribution in [-0.4, -0.2) is 72.9 Å².